The molecule has 2 rings (SSSR count). The first-order valence-corrected chi connectivity index (χ1v) is 11.8. The number of hydrogen-bond acceptors (Lipinski definition) is 0. The Kier molecular flexibility index (Phi) is 7.16. The van der Waals surface area contributed by atoms with E-state index in [4.69, 9.17) is 0 Å². The molecule has 0 heterocycles. The zero-order valence-electron chi connectivity index (χ0n) is 14.9. The van der Waals surface area contributed by atoms with Crippen LogP contribution in [-0.2, 0) is 0 Å². The third-order valence-electron chi connectivity index (χ3n) is 5.23. The van der Waals surface area contributed by atoms with E-state index < -0.39 is 7.26 Å². The fraction of sp³-hybridized carbons (Fsp3) is 0.619. The van der Waals surface area contributed by atoms with Crippen molar-refractivity contribution in [1.29, 1.82) is 0 Å². The van der Waals surface area contributed by atoms with Gasteiger partial charge < -0.3 is 0 Å². The van der Waals surface area contributed by atoms with E-state index in [0.717, 1.165) is 5.66 Å². The first-order valence-electron chi connectivity index (χ1n) is 9.40. The van der Waals surface area contributed by atoms with Crippen molar-refractivity contribution in [2.24, 2.45) is 0 Å². The van der Waals surface area contributed by atoms with Crippen LogP contribution in [0.25, 0.3) is 6.08 Å². The van der Waals surface area contributed by atoms with Gasteiger partial charge in [0.15, 0.2) is 0 Å². The second-order valence-electron chi connectivity index (χ2n) is 6.88. The molecule has 0 aromatic heterocycles. The predicted octanol–water partition coefficient (Wildman–Crippen LogP) is 7.17. The van der Waals surface area contributed by atoms with Crippen molar-refractivity contribution in [3.63, 3.8) is 0 Å². The summed E-state index contributed by atoms with van der Waals surface area (Å²) in [7, 11) is -0.912. The molecule has 0 amide bonds. The average molecular weight is 317 g/mol. The second kappa shape index (κ2) is 8.88. The molecule has 122 valence electrons. The zero-order valence-corrected chi connectivity index (χ0v) is 15.7. The number of fused-ring (bicyclic) bond motifs is 1. The van der Waals surface area contributed by atoms with Crippen LogP contribution in [0.4, 0.5) is 0 Å². The van der Waals surface area contributed by atoms with Crippen LogP contribution in [0.5, 0.6) is 0 Å². The van der Waals surface area contributed by atoms with Gasteiger partial charge in [0.25, 0.3) is 0 Å². The van der Waals surface area contributed by atoms with Gasteiger partial charge in [0.1, 0.15) is 5.66 Å². The molecular weight excluding hydrogens is 283 g/mol. The van der Waals surface area contributed by atoms with Gasteiger partial charge in [-0.2, -0.15) is 0 Å². The van der Waals surface area contributed by atoms with Crippen LogP contribution in [0.15, 0.2) is 30.3 Å². The van der Waals surface area contributed by atoms with E-state index >= 15 is 0 Å². The van der Waals surface area contributed by atoms with E-state index in [9.17, 15) is 0 Å². The molecule has 1 heteroatoms. The van der Waals surface area contributed by atoms with E-state index in [2.05, 4.69) is 57.2 Å². The van der Waals surface area contributed by atoms with E-state index in [1.807, 2.05) is 0 Å². The maximum Gasteiger partial charge on any atom is 0.113 e. The Bertz CT molecular complexity index is 453. The summed E-state index contributed by atoms with van der Waals surface area (Å²) in [6.45, 7) is 7.06. The summed E-state index contributed by atoms with van der Waals surface area (Å²) in [6, 6.07) is 9.14. The number of unbranched alkanes of at least 4 members (excludes halogenated alkanes) is 3. The molecule has 1 atom stereocenters. The molecule has 0 saturated heterocycles. The highest BCUT2D eigenvalue weighted by molar-refractivity contribution is 7.76. The lowest BCUT2D eigenvalue weighted by Gasteiger charge is -2.33. The normalized spacial score (nSPS) is 17.0. The van der Waals surface area contributed by atoms with Crippen LogP contribution < -0.4 is 0 Å². The second-order valence-corrected chi connectivity index (χ2v) is 11.2. The van der Waals surface area contributed by atoms with Crippen LogP contribution in [-0.4, -0.2) is 18.5 Å². The van der Waals surface area contributed by atoms with Gasteiger partial charge in [-0.05, 0) is 30.9 Å². The highest BCUT2D eigenvalue weighted by Crippen LogP contribution is 2.73. The van der Waals surface area contributed by atoms with Crippen molar-refractivity contribution in [2.45, 2.75) is 65.0 Å². The number of hydrogen-bond donors (Lipinski definition) is 0. The first-order chi connectivity index (χ1) is 10.8. The quantitative estimate of drug-likeness (QED) is 0.401. The van der Waals surface area contributed by atoms with Crippen molar-refractivity contribution in [2.75, 3.05) is 18.5 Å². The third-order valence-corrected chi connectivity index (χ3v) is 10.5. The molecule has 0 radical (unpaired) electrons. The largest absolute Gasteiger partial charge is 0.113 e. The van der Waals surface area contributed by atoms with Crippen molar-refractivity contribution >= 4 is 13.3 Å². The van der Waals surface area contributed by atoms with Crippen molar-refractivity contribution in [3.05, 3.63) is 41.5 Å². The Hall–Kier alpha value is -0.610. The van der Waals surface area contributed by atoms with Gasteiger partial charge in [-0.3, -0.25) is 0 Å². The van der Waals surface area contributed by atoms with E-state index in [1.54, 1.807) is 5.56 Å². The molecule has 1 aliphatic rings. The minimum atomic E-state index is -0.912. The van der Waals surface area contributed by atoms with Crippen molar-refractivity contribution in [1.82, 2.24) is 0 Å². The molecule has 0 bridgehead atoms. The topological polar surface area (TPSA) is 0 Å². The van der Waals surface area contributed by atoms with Crippen LogP contribution in [0.1, 0.15) is 76.1 Å². The Morgan fingerprint density at radius 2 is 1.36 bits per heavy atom. The Morgan fingerprint density at radius 1 is 0.818 bits per heavy atom. The summed E-state index contributed by atoms with van der Waals surface area (Å²) in [6.07, 6.45) is 17.8. The molecule has 0 fully saturated rings. The summed E-state index contributed by atoms with van der Waals surface area (Å²) >= 11 is 0. The highest BCUT2D eigenvalue weighted by atomic mass is 31.2. The van der Waals surface area contributed by atoms with Crippen LogP contribution in [0.2, 0.25) is 0 Å². The fourth-order valence-electron chi connectivity index (χ4n) is 3.88. The van der Waals surface area contributed by atoms with Gasteiger partial charge >= 0.3 is 0 Å². The molecule has 0 N–H and O–H groups in total. The van der Waals surface area contributed by atoms with Gasteiger partial charge in [0.05, 0.1) is 18.5 Å². The molecule has 0 aliphatic heterocycles. The number of allylic oxidation sites excluding steroid dienone is 1. The zero-order chi connectivity index (χ0) is 15.8. The van der Waals surface area contributed by atoms with Crippen LogP contribution >= 0.6 is 7.26 Å². The molecule has 1 aromatic carbocycles. The standard InChI is InChI=1S/C21H34P/c1-4-7-16-22(17-8-5-2,18-9-6-3)21-15-14-19-12-10-11-13-20(19)21/h10-15,21H,4-9,16-18H2,1-3H3/q+1. The van der Waals surface area contributed by atoms with E-state index in [1.165, 1.54) is 62.6 Å². The average Bonchev–Trinajstić information content (AvgIpc) is 2.99. The molecule has 0 saturated carbocycles. The minimum Gasteiger partial charge on any atom is -0.0652 e. The summed E-state index contributed by atoms with van der Waals surface area (Å²) in [5.41, 5.74) is 3.88. The smallest absolute Gasteiger partial charge is 0.0652 e. The predicted molar refractivity (Wildman–Crippen MR) is 104 cm³/mol. The molecule has 1 unspecified atom stereocenters. The van der Waals surface area contributed by atoms with E-state index in [0.29, 0.717) is 0 Å². The Morgan fingerprint density at radius 3 is 1.91 bits per heavy atom. The number of rotatable bonds is 10. The fourth-order valence-corrected chi connectivity index (χ4v) is 9.50. The molecule has 1 aromatic rings. The SMILES string of the molecule is CCCC[P+](CCCC)(CCCC)C1C=Cc2ccccc21. The molecule has 0 nitrogen and oxygen atoms in total. The third kappa shape index (κ3) is 4.02. The highest BCUT2D eigenvalue weighted by Gasteiger charge is 2.45. The summed E-state index contributed by atoms with van der Waals surface area (Å²) < 4.78 is 0. The summed E-state index contributed by atoms with van der Waals surface area (Å²) in [5.74, 6) is 0. The lowest BCUT2D eigenvalue weighted by molar-refractivity contribution is 0.826. The maximum absolute atomic E-state index is 2.57. The molecule has 22 heavy (non-hydrogen) atoms. The van der Waals surface area contributed by atoms with Crippen LogP contribution in [0, 0.1) is 0 Å². The van der Waals surface area contributed by atoms with Gasteiger partial charge in [-0.25, -0.2) is 0 Å². The van der Waals surface area contributed by atoms with Crippen LogP contribution in [0.3, 0.4) is 0 Å². The van der Waals surface area contributed by atoms with Crippen molar-refractivity contribution in [3.8, 4) is 0 Å². The monoisotopic (exact) mass is 317 g/mol. The Labute approximate surface area is 138 Å². The molecule has 0 spiro atoms. The Balaban J connectivity index is 2.30. The molecule has 1 aliphatic carbocycles. The van der Waals surface area contributed by atoms with Gasteiger partial charge in [0, 0.05) is 12.8 Å². The van der Waals surface area contributed by atoms with E-state index in [-0.39, 0.29) is 0 Å². The van der Waals surface area contributed by atoms with Gasteiger partial charge in [-0.1, -0.05) is 70.4 Å². The van der Waals surface area contributed by atoms with Gasteiger partial charge in [0.2, 0.25) is 0 Å². The lowest BCUT2D eigenvalue weighted by Crippen LogP contribution is -2.15. The minimum absolute atomic E-state index is 0.758. The van der Waals surface area contributed by atoms with Gasteiger partial charge in [-0.15, -0.1) is 0 Å². The summed E-state index contributed by atoms with van der Waals surface area (Å²) in [4.78, 5) is 0. The number of benzene rings is 1. The maximum atomic E-state index is 2.57. The lowest BCUT2D eigenvalue weighted by atomic mass is 10.1. The van der Waals surface area contributed by atoms with Crippen molar-refractivity contribution < 1.29 is 0 Å². The summed E-state index contributed by atoms with van der Waals surface area (Å²) in [5, 5.41) is 0. The molecular formula is C21H34P+. The first kappa shape index (κ1) is 17.7.